The van der Waals surface area contributed by atoms with Crippen molar-refractivity contribution in [3.05, 3.63) is 18.3 Å². The van der Waals surface area contributed by atoms with E-state index in [1.165, 1.54) is 32.1 Å². The van der Waals surface area contributed by atoms with Crippen LogP contribution in [0.3, 0.4) is 0 Å². The predicted molar refractivity (Wildman–Crippen MR) is 80.5 cm³/mol. The fourth-order valence-electron chi connectivity index (χ4n) is 2.61. The molecule has 0 saturated heterocycles. The number of nitrogens with zero attached hydrogens (tertiary/aromatic N) is 1. The lowest BCUT2D eigenvalue weighted by molar-refractivity contribution is -0.116. The molecule has 1 fully saturated rings. The molecule has 1 aliphatic carbocycles. The highest BCUT2D eigenvalue weighted by Crippen LogP contribution is 2.27. The van der Waals surface area contributed by atoms with Gasteiger partial charge in [0.1, 0.15) is 0 Å². The topological polar surface area (TPSA) is 42.0 Å². The van der Waals surface area contributed by atoms with Crippen molar-refractivity contribution in [1.29, 1.82) is 0 Å². The molecule has 1 saturated carbocycles. The summed E-state index contributed by atoms with van der Waals surface area (Å²) in [6.45, 7) is 0. The summed E-state index contributed by atoms with van der Waals surface area (Å²) in [4.78, 5) is 16.1. The maximum atomic E-state index is 11.9. The molecule has 0 aliphatic heterocycles. The standard InChI is InChI=1S/C15H22N2OS/c1-19-15-10-8-13(11-16-15)17-14(18)9-7-12-5-3-2-4-6-12/h8,10-12H,2-7,9H2,1H3,(H,17,18). The summed E-state index contributed by atoms with van der Waals surface area (Å²) < 4.78 is 0. The van der Waals surface area contributed by atoms with Crippen LogP contribution in [0, 0.1) is 5.92 Å². The Morgan fingerprint density at radius 3 is 2.79 bits per heavy atom. The van der Waals surface area contributed by atoms with Crippen LogP contribution < -0.4 is 5.32 Å². The van der Waals surface area contributed by atoms with Gasteiger partial charge in [-0.2, -0.15) is 0 Å². The van der Waals surface area contributed by atoms with Gasteiger partial charge in [0.05, 0.1) is 16.9 Å². The monoisotopic (exact) mass is 278 g/mol. The second-order valence-corrected chi connectivity index (χ2v) is 6.01. The number of carbonyl (C=O) groups is 1. The van der Waals surface area contributed by atoms with Crippen molar-refractivity contribution < 1.29 is 4.79 Å². The molecule has 2 rings (SSSR count). The van der Waals surface area contributed by atoms with Gasteiger partial charge in [0.25, 0.3) is 0 Å². The average Bonchev–Trinajstić information content (AvgIpc) is 2.47. The zero-order chi connectivity index (χ0) is 13.5. The first-order valence-corrected chi connectivity index (χ1v) is 8.30. The Balaban J connectivity index is 1.73. The first-order chi connectivity index (χ1) is 9.28. The summed E-state index contributed by atoms with van der Waals surface area (Å²) in [5, 5.41) is 3.89. The number of thioether (sulfide) groups is 1. The zero-order valence-electron chi connectivity index (χ0n) is 11.5. The van der Waals surface area contributed by atoms with Gasteiger partial charge in [-0.3, -0.25) is 4.79 Å². The SMILES string of the molecule is CSc1ccc(NC(=O)CCC2CCCCC2)cn1. The third-order valence-electron chi connectivity index (χ3n) is 3.73. The molecular weight excluding hydrogens is 256 g/mol. The number of carbonyl (C=O) groups excluding carboxylic acids is 1. The number of anilines is 1. The van der Waals surface area contributed by atoms with E-state index in [1.54, 1.807) is 18.0 Å². The Labute approximate surface area is 119 Å². The molecule has 19 heavy (non-hydrogen) atoms. The lowest BCUT2D eigenvalue weighted by atomic mass is 9.86. The molecule has 0 aromatic carbocycles. The van der Waals surface area contributed by atoms with Gasteiger partial charge in [-0.05, 0) is 30.7 Å². The van der Waals surface area contributed by atoms with E-state index in [2.05, 4.69) is 10.3 Å². The minimum Gasteiger partial charge on any atom is -0.325 e. The third-order valence-corrected chi connectivity index (χ3v) is 4.39. The molecule has 1 amide bonds. The van der Waals surface area contributed by atoms with Gasteiger partial charge in [0, 0.05) is 6.42 Å². The van der Waals surface area contributed by atoms with Crippen molar-refractivity contribution >= 4 is 23.4 Å². The smallest absolute Gasteiger partial charge is 0.224 e. The molecule has 0 unspecified atom stereocenters. The van der Waals surface area contributed by atoms with Crippen LogP contribution in [0.4, 0.5) is 5.69 Å². The molecule has 1 aromatic rings. The maximum Gasteiger partial charge on any atom is 0.224 e. The van der Waals surface area contributed by atoms with E-state index in [0.717, 1.165) is 23.1 Å². The summed E-state index contributed by atoms with van der Waals surface area (Å²) in [7, 11) is 0. The number of hydrogen-bond donors (Lipinski definition) is 1. The maximum absolute atomic E-state index is 11.9. The Hall–Kier alpha value is -1.03. The van der Waals surface area contributed by atoms with Crippen molar-refractivity contribution in [2.24, 2.45) is 5.92 Å². The van der Waals surface area contributed by atoms with E-state index in [9.17, 15) is 4.79 Å². The van der Waals surface area contributed by atoms with Crippen molar-refractivity contribution in [2.45, 2.75) is 50.0 Å². The molecule has 0 radical (unpaired) electrons. The van der Waals surface area contributed by atoms with Gasteiger partial charge in [-0.15, -0.1) is 11.8 Å². The van der Waals surface area contributed by atoms with E-state index in [-0.39, 0.29) is 5.91 Å². The molecule has 0 atom stereocenters. The highest BCUT2D eigenvalue weighted by molar-refractivity contribution is 7.98. The summed E-state index contributed by atoms with van der Waals surface area (Å²) in [6, 6.07) is 3.85. The quantitative estimate of drug-likeness (QED) is 0.824. The lowest BCUT2D eigenvalue weighted by Crippen LogP contribution is -2.14. The number of pyridine rings is 1. The van der Waals surface area contributed by atoms with Gasteiger partial charge in [0.15, 0.2) is 0 Å². The van der Waals surface area contributed by atoms with E-state index >= 15 is 0 Å². The molecule has 1 aliphatic rings. The molecule has 3 nitrogen and oxygen atoms in total. The van der Waals surface area contributed by atoms with Gasteiger partial charge >= 0.3 is 0 Å². The summed E-state index contributed by atoms with van der Waals surface area (Å²) in [6.07, 6.45) is 12.0. The lowest BCUT2D eigenvalue weighted by Gasteiger charge is -2.20. The Morgan fingerprint density at radius 2 is 2.16 bits per heavy atom. The predicted octanol–water partition coefficient (Wildman–Crippen LogP) is 4.10. The second kappa shape index (κ2) is 7.53. The second-order valence-electron chi connectivity index (χ2n) is 5.18. The van der Waals surface area contributed by atoms with Crippen LogP contribution in [0.2, 0.25) is 0 Å². The Kier molecular flexibility index (Phi) is 5.70. The number of amides is 1. The van der Waals surface area contributed by atoms with E-state index < -0.39 is 0 Å². The fourth-order valence-corrected chi connectivity index (χ4v) is 2.97. The van der Waals surface area contributed by atoms with Crippen molar-refractivity contribution in [1.82, 2.24) is 4.98 Å². The number of hydrogen-bond acceptors (Lipinski definition) is 3. The first kappa shape index (κ1) is 14.4. The van der Waals surface area contributed by atoms with Gasteiger partial charge in [-0.25, -0.2) is 4.98 Å². The highest BCUT2D eigenvalue weighted by Gasteiger charge is 2.14. The van der Waals surface area contributed by atoms with Crippen molar-refractivity contribution in [2.75, 3.05) is 11.6 Å². The Bertz CT molecular complexity index is 399. The first-order valence-electron chi connectivity index (χ1n) is 7.08. The molecule has 1 heterocycles. The van der Waals surface area contributed by atoms with E-state index in [0.29, 0.717) is 6.42 Å². The van der Waals surface area contributed by atoms with Crippen molar-refractivity contribution in [3.63, 3.8) is 0 Å². The third kappa shape index (κ3) is 4.86. The van der Waals surface area contributed by atoms with Crippen molar-refractivity contribution in [3.8, 4) is 0 Å². The van der Waals surface area contributed by atoms with Crippen LogP contribution in [-0.4, -0.2) is 17.1 Å². The average molecular weight is 278 g/mol. The number of nitrogens with one attached hydrogen (secondary N) is 1. The molecule has 1 aromatic heterocycles. The Morgan fingerprint density at radius 1 is 1.37 bits per heavy atom. The summed E-state index contributed by atoms with van der Waals surface area (Å²) >= 11 is 1.60. The van der Waals surface area contributed by atoms with Crippen LogP contribution in [0.25, 0.3) is 0 Å². The van der Waals surface area contributed by atoms with Crippen LogP contribution >= 0.6 is 11.8 Å². The minimum atomic E-state index is 0.115. The summed E-state index contributed by atoms with van der Waals surface area (Å²) in [5.74, 6) is 0.876. The largest absolute Gasteiger partial charge is 0.325 e. The molecular formula is C15H22N2OS. The normalized spacial score (nSPS) is 16.3. The highest BCUT2D eigenvalue weighted by atomic mass is 32.2. The molecule has 4 heteroatoms. The molecule has 104 valence electrons. The van der Waals surface area contributed by atoms with Crippen LogP contribution in [0.1, 0.15) is 44.9 Å². The molecule has 1 N–H and O–H groups in total. The van der Waals surface area contributed by atoms with Crippen LogP contribution in [0.15, 0.2) is 23.4 Å². The fraction of sp³-hybridized carbons (Fsp3) is 0.600. The number of rotatable bonds is 5. The van der Waals surface area contributed by atoms with Crippen LogP contribution in [0.5, 0.6) is 0 Å². The van der Waals surface area contributed by atoms with Gasteiger partial charge in [0.2, 0.25) is 5.91 Å². The molecule has 0 spiro atoms. The van der Waals surface area contributed by atoms with Gasteiger partial charge in [-0.1, -0.05) is 32.1 Å². The zero-order valence-corrected chi connectivity index (χ0v) is 12.3. The van der Waals surface area contributed by atoms with E-state index in [4.69, 9.17) is 0 Å². The van der Waals surface area contributed by atoms with E-state index in [1.807, 2.05) is 18.4 Å². The summed E-state index contributed by atoms with van der Waals surface area (Å²) in [5.41, 5.74) is 0.798. The number of aromatic nitrogens is 1. The molecule has 0 bridgehead atoms. The minimum absolute atomic E-state index is 0.115. The van der Waals surface area contributed by atoms with Gasteiger partial charge < -0.3 is 5.32 Å². The van der Waals surface area contributed by atoms with Crippen LogP contribution in [-0.2, 0) is 4.79 Å².